The van der Waals surface area contributed by atoms with Gasteiger partial charge in [-0.2, -0.15) is 0 Å². The number of ketones is 1. The molecule has 0 amide bonds. The second-order valence-corrected chi connectivity index (χ2v) is 10.2. The van der Waals surface area contributed by atoms with Crippen molar-refractivity contribution in [2.45, 2.75) is 54.6 Å². The van der Waals surface area contributed by atoms with E-state index < -0.39 is 0 Å². The van der Waals surface area contributed by atoms with E-state index in [9.17, 15) is 9.59 Å². The van der Waals surface area contributed by atoms with E-state index in [1.165, 1.54) is 0 Å². The first-order chi connectivity index (χ1) is 9.73. The Bertz CT molecular complexity index is 371. The smallest absolute Gasteiger partial charge is 0.362 e. The largest absolute Gasteiger partial charge is 0.456 e. The van der Waals surface area contributed by atoms with E-state index in [4.69, 9.17) is 4.74 Å². The van der Waals surface area contributed by atoms with E-state index in [-0.39, 0.29) is 24.4 Å². The summed E-state index contributed by atoms with van der Waals surface area (Å²) in [6, 6.07) is 0. The molecule has 0 spiro atoms. The highest BCUT2D eigenvalue weighted by atomic mass is 16.6. The van der Waals surface area contributed by atoms with Gasteiger partial charge in [0.05, 0.1) is 42.3 Å². The quantitative estimate of drug-likeness (QED) is 0.579. The normalized spacial score (nSPS) is 12.5. The van der Waals surface area contributed by atoms with E-state index in [2.05, 4.69) is 0 Å². The summed E-state index contributed by atoms with van der Waals surface area (Å²) in [5.74, 6) is 0.181. The van der Waals surface area contributed by atoms with Crippen molar-refractivity contribution in [1.82, 2.24) is 0 Å². The van der Waals surface area contributed by atoms with Gasteiger partial charge in [-0.3, -0.25) is 4.79 Å². The van der Waals surface area contributed by atoms with Gasteiger partial charge in [0.25, 0.3) is 0 Å². The highest BCUT2D eigenvalue weighted by Crippen LogP contribution is 2.15. The lowest BCUT2D eigenvalue weighted by atomic mass is 9.90. The summed E-state index contributed by atoms with van der Waals surface area (Å²) in [6.45, 7) is 12.5. The molecule has 24 heavy (non-hydrogen) atoms. The Morgan fingerprint density at radius 1 is 0.750 bits per heavy atom. The van der Waals surface area contributed by atoms with Crippen LogP contribution in [0.25, 0.3) is 0 Å². The number of esters is 1. The van der Waals surface area contributed by atoms with Crippen LogP contribution in [0, 0.1) is 5.41 Å². The molecule has 0 aromatic heterocycles. The van der Waals surface area contributed by atoms with Crippen LogP contribution in [0.5, 0.6) is 0 Å². The Kier molecular flexibility index (Phi) is 11.1. The first-order valence-corrected chi connectivity index (χ1v) is 8.09. The topological polar surface area (TPSA) is 43.4 Å². The highest BCUT2D eigenvalue weighted by molar-refractivity contribution is 5.84. The molecule has 0 atom stereocenters. The molecule has 0 rings (SSSR count). The minimum Gasteiger partial charge on any atom is -0.456 e. The number of Topliss-reactive ketones (excluding diaryl/α,β-unsaturated/α-hetero) is 1. The van der Waals surface area contributed by atoms with Crippen molar-refractivity contribution in [2.24, 2.45) is 5.41 Å². The van der Waals surface area contributed by atoms with Gasteiger partial charge in [-0.1, -0.05) is 28.2 Å². The van der Waals surface area contributed by atoms with Gasteiger partial charge in [-0.15, -0.1) is 0 Å². The lowest BCUT2D eigenvalue weighted by Gasteiger charge is -2.26. The molecule has 0 bridgehead atoms. The molecule has 146 valence electrons. The van der Waals surface area contributed by atoms with E-state index in [0.29, 0.717) is 23.4 Å². The van der Waals surface area contributed by atoms with Crippen LogP contribution in [0.2, 0.25) is 0 Å². The van der Waals surface area contributed by atoms with Gasteiger partial charge in [0.2, 0.25) is 0 Å². The van der Waals surface area contributed by atoms with Crippen molar-refractivity contribution in [3.63, 3.8) is 0 Å². The van der Waals surface area contributed by atoms with Crippen molar-refractivity contribution in [2.75, 3.05) is 55.4 Å². The number of nitrogens with zero attached hydrogens (tertiary/aromatic N) is 2. The Balaban J connectivity index is -0.000000354. The number of ether oxygens (including phenoxy) is 1. The molecule has 0 N–H and O–H groups in total. The molecular formula is C19H44N2O3+2. The molecule has 0 aromatic rings. The average Bonchev–Trinajstić information content (AvgIpc) is 2.06. The van der Waals surface area contributed by atoms with Gasteiger partial charge in [0.1, 0.15) is 12.1 Å². The lowest BCUT2D eigenvalue weighted by Crippen LogP contribution is -2.43. The predicted octanol–water partition coefficient (Wildman–Crippen LogP) is 2.98. The van der Waals surface area contributed by atoms with Crippen molar-refractivity contribution in [1.29, 1.82) is 0 Å². The molecule has 0 aliphatic heterocycles. The second kappa shape index (κ2) is 9.52. The van der Waals surface area contributed by atoms with Crippen LogP contribution in [0.1, 0.15) is 49.0 Å². The Morgan fingerprint density at radius 2 is 1.08 bits per heavy atom. The predicted molar refractivity (Wildman–Crippen MR) is 103 cm³/mol. The molecule has 0 aliphatic carbocycles. The fraction of sp³-hybridized carbons (Fsp3) is 0.895. The van der Waals surface area contributed by atoms with Crippen LogP contribution in [-0.4, -0.2) is 81.7 Å². The first-order valence-electron chi connectivity index (χ1n) is 8.09. The number of hydrogen-bond donors (Lipinski definition) is 0. The Morgan fingerprint density at radius 3 is 1.25 bits per heavy atom. The van der Waals surface area contributed by atoms with Crippen LogP contribution < -0.4 is 0 Å². The fourth-order valence-electron chi connectivity index (χ4n) is 1.43. The summed E-state index contributed by atoms with van der Waals surface area (Å²) in [6.07, 6.45) is 0. The summed E-state index contributed by atoms with van der Waals surface area (Å²) >= 11 is 0. The summed E-state index contributed by atoms with van der Waals surface area (Å²) in [5, 5.41) is 0. The standard InChI is InChI=1S/C9H20NO2.C9H20NO.CH4/c1-9(2,3)12-8(11)7-10(4,5)6;1-9(2,3)8(11)7-10(4,5)6;/h7H2,1-6H3;7H2,1-6H3;1H4/q2*+1;. The molecule has 0 saturated heterocycles. The fourth-order valence-corrected chi connectivity index (χ4v) is 1.43. The summed E-state index contributed by atoms with van der Waals surface area (Å²) < 4.78 is 6.48. The second-order valence-electron chi connectivity index (χ2n) is 10.2. The van der Waals surface area contributed by atoms with Crippen LogP contribution in [0.15, 0.2) is 0 Å². The lowest BCUT2D eigenvalue weighted by molar-refractivity contribution is -0.862. The average molecular weight is 349 g/mol. The zero-order valence-electron chi connectivity index (χ0n) is 17.5. The number of carbonyl (C=O) groups is 2. The third-order valence-electron chi connectivity index (χ3n) is 2.48. The van der Waals surface area contributed by atoms with Crippen LogP contribution in [0.3, 0.4) is 0 Å². The van der Waals surface area contributed by atoms with Gasteiger partial charge in [0.15, 0.2) is 12.3 Å². The third-order valence-corrected chi connectivity index (χ3v) is 2.48. The van der Waals surface area contributed by atoms with E-state index >= 15 is 0 Å². The summed E-state index contributed by atoms with van der Waals surface area (Å²) in [7, 11) is 12.0. The Labute approximate surface area is 151 Å². The van der Waals surface area contributed by atoms with E-state index in [1.54, 1.807) is 0 Å². The maximum atomic E-state index is 11.5. The molecule has 0 heterocycles. The molecule has 0 aromatic carbocycles. The molecular weight excluding hydrogens is 304 g/mol. The number of likely N-dealkylation sites (N-methyl/N-ethyl adjacent to an activating group) is 2. The minimum absolute atomic E-state index is 0. The minimum atomic E-state index is -0.369. The summed E-state index contributed by atoms with van der Waals surface area (Å²) in [5.41, 5.74) is -0.558. The highest BCUT2D eigenvalue weighted by Gasteiger charge is 2.26. The van der Waals surface area contributed by atoms with Crippen LogP contribution >= 0.6 is 0 Å². The van der Waals surface area contributed by atoms with Gasteiger partial charge >= 0.3 is 5.97 Å². The van der Waals surface area contributed by atoms with Gasteiger partial charge in [-0.05, 0) is 20.8 Å². The first kappa shape index (κ1) is 27.9. The van der Waals surface area contributed by atoms with Crippen molar-refractivity contribution in [3.8, 4) is 0 Å². The molecule has 0 aliphatic rings. The number of hydrogen-bond acceptors (Lipinski definition) is 3. The molecule has 0 fully saturated rings. The van der Waals surface area contributed by atoms with Gasteiger partial charge < -0.3 is 13.7 Å². The maximum absolute atomic E-state index is 11.5. The number of rotatable bonds is 4. The summed E-state index contributed by atoms with van der Waals surface area (Å²) in [4.78, 5) is 22.7. The zero-order chi connectivity index (χ0) is 19.3. The van der Waals surface area contributed by atoms with Gasteiger partial charge in [0, 0.05) is 5.41 Å². The van der Waals surface area contributed by atoms with Crippen LogP contribution in [-0.2, 0) is 14.3 Å². The van der Waals surface area contributed by atoms with E-state index in [1.807, 2.05) is 83.8 Å². The van der Waals surface area contributed by atoms with Crippen molar-refractivity contribution < 1.29 is 23.3 Å². The maximum Gasteiger partial charge on any atom is 0.362 e. The third kappa shape index (κ3) is 21.1. The molecule has 5 heteroatoms. The van der Waals surface area contributed by atoms with Crippen molar-refractivity contribution in [3.05, 3.63) is 0 Å². The number of carbonyl (C=O) groups excluding carboxylic acids is 2. The molecule has 0 unspecified atom stereocenters. The molecule has 5 nitrogen and oxygen atoms in total. The van der Waals surface area contributed by atoms with E-state index in [0.717, 1.165) is 4.48 Å². The van der Waals surface area contributed by atoms with Gasteiger partial charge in [-0.25, -0.2) is 4.79 Å². The van der Waals surface area contributed by atoms with Crippen molar-refractivity contribution >= 4 is 11.8 Å². The zero-order valence-corrected chi connectivity index (χ0v) is 17.5. The number of quaternary nitrogens is 2. The van der Waals surface area contributed by atoms with Crippen LogP contribution in [0.4, 0.5) is 0 Å². The Hall–Kier alpha value is -0.940. The SMILES string of the molecule is C.CC(C)(C)C(=O)C[N+](C)(C)C.CC(C)(C)OC(=O)C[N+](C)(C)C. The molecule has 0 saturated carbocycles. The molecule has 0 radical (unpaired) electrons. The monoisotopic (exact) mass is 348 g/mol.